The minimum Gasteiger partial charge on any atom is -0.481 e. The van der Waals surface area contributed by atoms with Crippen LogP contribution >= 0.6 is 0 Å². The molecule has 0 aromatic heterocycles. The van der Waals surface area contributed by atoms with E-state index in [9.17, 15) is 14.3 Å². The van der Waals surface area contributed by atoms with Gasteiger partial charge in [0.25, 0.3) is 0 Å². The first-order chi connectivity index (χ1) is 10.2. The second-order valence-corrected chi connectivity index (χ2v) is 4.85. The molecule has 0 bridgehead atoms. The predicted molar refractivity (Wildman–Crippen MR) is 79.8 cm³/mol. The Labute approximate surface area is 123 Å². The minimum absolute atomic E-state index is 0.225. The number of hydrogen-bond donors (Lipinski definition) is 2. The molecule has 3 nitrogen and oxygen atoms in total. The van der Waals surface area contributed by atoms with Crippen molar-refractivity contribution < 1.29 is 14.3 Å². The standard InChI is InChI=1S/C17H18FNO2/c18-16-9-5-4-8-14(16)10-11-19-12-15(17(20)21)13-6-2-1-3-7-13/h1-9,15,19H,10-12H2,(H,20,21). The van der Waals surface area contributed by atoms with Crippen molar-refractivity contribution in [3.05, 3.63) is 71.5 Å². The molecule has 0 aliphatic rings. The van der Waals surface area contributed by atoms with Gasteiger partial charge in [-0.05, 0) is 30.2 Å². The van der Waals surface area contributed by atoms with Crippen LogP contribution in [-0.2, 0) is 11.2 Å². The van der Waals surface area contributed by atoms with E-state index >= 15 is 0 Å². The number of rotatable bonds is 7. The number of halogens is 1. The second kappa shape index (κ2) is 7.55. The summed E-state index contributed by atoms with van der Waals surface area (Å²) < 4.78 is 13.4. The van der Waals surface area contributed by atoms with Crippen molar-refractivity contribution in [1.29, 1.82) is 0 Å². The first-order valence-corrected chi connectivity index (χ1v) is 6.90. The van der Waals surface area contributed by atoms with Gasteiger partial charge in [0, 0.05) is 6.54 Å². The highest BCUT2D eigenvalue weighted by molar-refractivity contribution is 5.76. The molecular weight excluding hydrogens is 269 g/mol. The fourth-order valence-electron chi connectivity index (χ4n) is 2.20. The Kier molecular flexibility index (Phi) is 5.46. The van der Waals surface area contributed by atoms with E-state index in [1.54, 1.807) is 30.3 Å². The van der Waals surface area contributed by atoms with Crippen LogP contribution in [0.2, 0.25) is 0 Å². The lowest BCUT2D eigenvalue weighted by molar-refractivity contribution is -0.138. The van der Waals surface area contributed by atoms with Gasteiger partial charge in [-0.1, -0.05) is 48.5 Å². The molecule has 21 heavy (non-hydrogen) atoms. The lowest BCUT2D eigenvalue weighted by atomic mass is 9.99. The van der Waals surface area contributed by atoms with Gasteiger partial charge in [0.05, 0.1) is 5.92 Å². The van der Waals surface area contributed by atoms with E-state index in [1.807, 2.05) is 18.2 Å². The summed E-state index contributed by atoms with van der Waals surface area (Å²) >= 11 is 0. The maximum Gasteiger partial charge on any atom is 0.312 e. The molecule has 0 heterocycles. The van der Waals surface area contributed by atoms with Crippen molar-refractivity contribution in [2.24, 2.45) is 0 Å². The number of hydrogen-bond acceptors (Lipinski definition) is 2. The number of nitrogens with one attached hydrogen (secondary N) is 1. The Balaban J connectivity index is 1.86. The van der Waals surface area contributed by atoms with Gasteiger partial charge in [-0.3, -0.25) is 4.79 Å². The summed E-state index contributed by atoms with van der Waals surface area (Å²) in [6.07, 6.45) is 0.536. The van der Waals surface area contributed by atoms with Gasteiger partial charge in [-0.2, -0.15) is 0 Å². The van der Waals surface area contributed by atoms with E-state index in [1.165, 1.54) is 6.07 Å². The highest BCUT2D eigenvalue weighted by Gasteiger charge is 2.18. The van der Waals surface area contributed by atoms with Gasteiger partial charge in [-0.15, -0.1) is 0 Å². The quantitative estimate of drug-likeness (QED) is 0.770. The van der Waals surface area contributed by atoms with Crippen molar-refractivity contribution in [1.82, 2.24) is 5.32 Å². The molecule has 0 fully saturated rings. The summed E-state index contributed by atoms with van der Waals surface area (Å²) in [6.45, 7) is 0.866. The number of carbonyl (C=O) groups is 1. The van der Waals surface area contributed by atoms with Gasteiger partial charge >= 0.3 is 5.97 Å². The van der Waals surface area contributed by atoms with Gasteiger partial charge < -0.3 is 10.4 Å². The van der Waals surface area contributed by atoms with Crippen LogP contribution in [0.4, 0.5) is 4.39 Å². The highest BCUT2D eigenvalue weighted by Crippen LogP contribution is 2.14. The smallest absolute Gasteiger partial charge is 0.312 e. The Morgan fingerprint density at radius 3 is 2.43 bits per heavy atom. The normalized spacial score (nSPS) is 12.0. The van der Waals surface area contributed by atoms with E-state index in [0.29, 0.717) is 25.1 Å². The Morgan fingerprint density at radius 1 is 1.10 bits per heavy atom. The lowest BCUT2D eigenvalue weighted by Crippen LogP contribution is -2.28. The Morgan fingerprint density at radius 2 is 1.76 bits per heavy atom. The molecule has 0 amide bonds. The molecule has 2 rings (SSSR count). The maximum absolute atomic E-state index is 13.4. The third kappa shape index (κ3) is 4.39. The molecule has 0 aliphatic carbocycles. The third-order valence-electron chi connectivity index (χ3n) is 3.38. The Bertz CT molecular complexity index is 586. The van der Waals surface area contributed by atoms with Gasteiger partial charge in [0.1, 0.15) is 5.82 Å². The molecule has 0 radical (unpaired) electrons. The minimum atomic E-state index is -0.861. The summed E-state index contributed by atoms with van der Waals surface area (Å²) in [5, 5.41) is 12.4. The van der Waals surface area contributed by atoms with Gasteiger partial charge in [0.15, 0.2) is 0 Å². The summed E-state index contributed by atoms with van der Waals surface area (Å²) in [6, 6.07) is 15.7. The molecular formula is C17H18FNO2. The van der Waals surface area contributed by atoms with E-state index in [2.05, 4.69) is 5.32 Å². The third-order valence-corrected chi connectivity index (χ3v) is 3.38. The number of aliphatic carboxylic acids is 1. The van der Waals surface area contributed by atoms with E-state index in [4.69, 9.17) is 0 Å². The van der Waals surface area contributed by atoms with Crippen LogP contribution in [0, 0.1) is 5.82 Å². The summed E-state index contributed by atoms with van der Waals surface area (Å²) in [5.74, 6) is -1.68. The zero-order chi connectivity index (χ0) is 15.1. The van der Waals surface area contributed by atoms with Crippen molar-refractivity contribution in [2.45, 2.75) is 12.3 Å². The molecule has 0 saturated carbocycles. The van der Waals surface area contributed by atoms with E-state index < -0.39 is 11.9 Å². The molecule has 0 spiro atoms. The van der Waals surface area contributed by atoms with Crippen LogP contribution in [0.1, 0.15) is 17.0 Å². The molecule has 4 heteroatoms. The predicted octanol–water partition coefficient (Wildman–Crippen LogP) is 2.83. The molecule has 2 N–H and O–H groups in total. The van der Waals surface area contributed by atoms with Crippen LogP contribution in [-0.4, -0.2) is 24.2 Å². The number of carboxylic acid groups (broad SMARTS) is 1. The van der Waals surface area contributed by atoms with E-state index in [0.717, 1.165) is 5.56 Å². The molecule has 1 unspecified atom stereocenters. The zero-order valence-electron chi connectivity index (χ0n) is 11.6. The van der Waals surface area contributed by atoms with Crippen LogP contribution in [0.3, 0.4) is 0 Å². The average molecular weight is 287 g/mol. The van der Waals surface area contributed by atoms with Crippen LogP contribution in [0.15, 0.2) is 54.6 Å². The van der Waals surface area contributed by atoms with Crippen molar-refractivity contribution in [3.63, 3.8) is 0 Å². The molecule has 1 atom stereocenters. The topological polar surface area (TPSA) is 49.3 Å². The maximum atomic E-state index is 13.4. The van der Waals surface area contributed by atoms with Crippen LogP contribution in [0.25, 0.3) is 0 Å². The van der Waals surface area contributed by atoms with Crippen LogP contribution < -0.4 is 5.32 Å². The number of carboxylic acids is 1. The second-order valence-electron chi connectivity index (χ2n) is 4.85. The lowest BCUT2D eigenvalue weighted by Gasteiger charge is -2.14. The highest BCUT2D eigenvalue weighted by atomic mass is 19.1. The largest absolute Gasteiger partial charge is 0.481 e. The molecule has 2 aromatic carbocycles. The zero-order valence-corrected chi connectivity index (χ0v) is 11.6. The van der Waals surface area contributed by atoms with Gasteiger partial charge in [0.2, 0.25) is 0 Å². The summed E-state index contributed by atoms with van der Waals surface area (Å²) in [4.78, 5) is 11.3. The van der Waals surface area contributed by atoms with Crippen molar-refractivity contribution in [3.8, 4) is 0 Å². The first kappa shape index (κ1) is 15.2. The fourth-order valence-corrected chi connectivity index (χ4v) is 2.20. The average Bonchev–Trinajstić information content (AvgIpc) is 2.49. The van der Waals surface area contributed by atoms with Gasteiger partial charge in [-0.25, -0.2) is 4.39 Å². The summed E-state index contributed by atoms with van der Waals surface area (Å²) in [7, 11) is 0. The monoisotopic (exact) mass is 287 g/mol. The first-order valence-electron chi connectivity index (χ1n) is 6.90. The van der Waals surface area contributed by atoms with Crippen molar-refractivity contribution in [2.75, 3.05) is 13.1 Å². The van der Waals surface area contributed by atoms with Crippen LogP contribution in [0.5, 0.6) is 0 Å². The SMILES string of the molecule is O=C(O)C(CNCCc1ccccc1F)c1ccccc1. The van der Waals surface area contributed by atoms with Crippen molar-refractivity contribution >= 4 is 5.97 Å². The fraction of sp³-hybridized carbons (Fsp3) is 0.235. The number of benzene rings is 2. The summed E-state index contributed by atoms with van der Waals surface area (Å²) in [5.41, 5.74) is 1.40. The Hall–Kier alpha value is -2.20. The molecule has 0 aliphatic heterocycles. The molecule has 110 valence electrons. The molecule has 2 aromatic rings. The van der Waals surface area contributed by atoms with E-state index in [-0.39, 0.29) is 5.82 Å². The molecule has 0 saturated heterocycles.